The van der Waals surface area contributed by atoms with E-state index in [0.717, 1.165) is 36.3 Å². The summed E-state index contributed by atoms with van der Waals surface area (Å²) < 4.78 is 12.6. The van der Waals surface area contributed by atoms with Crippen LogP contribution in [-0.2, 0) is 4.74 Å². The van der Waals surface area contributed by atoms with Crippen LogP contribution in [0.25, 0.3) is 0 Å². The van der Waals surface area contributed by atoms with E-state index in [9.17, 15) is 0 Å². The molecular formula is C21H23N3O2. The zero-order valence-corrected chi connectivity index (χ0v) is 15.2. The van der Waals surface area contributed by atoms with Crippen LogP contribution >= 0.6 is 0 Å². The minimum Gasteiger partial charge on any atom is -0.466 e. The molecule has 2 unspecified atom stereocenters. The van der Waals surface area contributed by atoms with Gasteiger partial charge in [0.15, 0.2) is 0 Å². The third kappa shape index (κ3) is 2.42. The molecule has 26 heavy (non-hydrogen) atoms. The number of benzene rings is 1. The smallest absolute Gasteiger partial charge is 0.203 e. The van der Waals surface area contributed by atoms with E-state index in [1.54, 1.807) is 6.20 Å². The van der Waals surface area contributed by atoms with Gasteiger partial charge < -0.3 is 9.47 Å². The standard InChI is InChI=1S/C21H23N3O2/c1-20(2)14-21(9-11-25-20)24-18(16-7-3-4-8-19(16)26-21)12-17(23-24)15-6-5-10-22-13-15/h3-8,10,13,18H,9,11-12,14H2,1-2H3. The molecule has 134 valence electrons. The summed E-state index contributed by atoms with van der Waals surface area (Å²) in [5.74, 6) is 0.981. The molecule has 1 spiro atoms. The monoisotopic (exact) mass is 349 g/mol. The Bertz CT molecular complexity index is 865. The van der Waals surface area contributed by atoms with Crippen molar-refractivity contribution in [3.63, 3.8) is 0 Å². The van der Waals surface area contributed by atoms with Gasteiger partial charge in [0.05, 0.1) is 24.0 Å². The highest BCUT2D eigenvalue weighted by molar-refractivity contribution is 6.01. The number of ether oxygens (including phenoxy) is 2. The molecule has 1 fully saturated rings. The Kier molecular flexibility index (Phi) is 3.38. The van der Waals surface area contributed by atoms with Crippen molar-refractivity contribution in [3.8, 4) is 5.75 Å². The van der Waals surface area contributed by atoms with Gasteiger partial charge in [-0.3, -0.25) is 4.98 Å². The molecule has 0 saturated carbocycles. The Morgan fingerprint density at radius 2 is 2.04 bits per heavy atom. The molecule has 0 amide bonds. The van der Waals surface area contributed by atoms with E-state index in [1.807, 2.05) is 18.3 Å². The quantitative estimate of drug-likeness (QED) is 0.783. The van der Waals surface area contributed by atoms with Crippen LogP contribution in [0, 0.1) is 0 Å². The molecule has 5 nitrogen and oxygen atoms in total. The predicted octanol–water partition coefficient (Wildman–Crippen LogP) is 3.91. The van der Waals surface area contributed by atoms with Gasteiger partial charge in [-0.1, -0.05) is 24.3 Å². The maximum Gasteiger partial charge on any atom is 0.203 e. The fourth-order valence-electron chi connectivity index (χ4n) is 4.51. The number of rotatable bonds is 1. The number of hydrazone groups is 1. The van der Waals surface area contributed by atoms with Gasteiger partial charge in [-0.2, -0.15) is 5.10 Å². The lowest BCUT2D eigenvalue weighted by molar-refractivity contribution is -0.212. The van der Waals surface area contributed by atoms with E-state index < -0.39 is 5.72 Å². The van der Waals surface area contributed by atoms with Gasteiger partial charge >= 0.3 is 0 Å². The summed E-state index contributed by atoms with van der Waals surface area (Å²) in [6, 6.07) is 12.6. The lowest BCUT2D eigenvalue weighted by Gasteiger charge is -2.52. The van der Waals surface area contributed by atoms with Crippen molar-refractivity contribution in [2.75, 3.05) is 6.61 Å². The Balaban J connectivity index is 1.62. The SMILES string of the molecule is CC1(C)CC2(CCO1)Oc1ccccc1C1CC(c3cccnc3)=NN12. The molecule has 0 N–H and O–H groups in total. The fourth-order valence-corrected chi connectivity index (χ4v) is 4.51. The number of fused-ring (bicyclic) bond motifs is 4. The van der Waals surface area contributed by atoms with Crippen molar-refractivity contribution in [3.05, 3.63) is 59.9 Å². The van der Waals surface area contributed by atoms with Gasteiger partial charge in [0.2, 0.25) is 5.72 Å². The first-order valence-electron chi connectivity index (χ1n) is 9.26. The number of hydrogen-bond acceptors (Lipinski definition) is 5. The highest BCUT2D eigenvalue weighted by Crippen LogP contribution is 2.51. The van der Waals surface area contributed by atoms with E-state index in [0.29, 0.717) is 6.61 Å². The summed E-state index contributed by atoms with van der Waals surface area (Å²) in [6.07, 6.45) is 6.16. The van der Waals surface area contributed by atoms with Crippen LogP contribution in [0.2, 0.25) is 0 Å². The third-order valence-corrected chi connectivity index (χ3v) is 5.59. The van der Waals surface area contributed by atoms with Crippen molar-refractivity contribution in [2.45, 2.75) is 50.5 Å². The maximum absolute atomic E-state index is 6.62. The van der Waals surface area contributed by atoms with Crippen molar-refractivity contribution in [1.29, 1.82) is 0 Å². The molecular weight excluding hydrogens is 326 g/mol. The molecule has 0 bridgehead atoms. The normalized spacial score (nSPS) is 28.9. The molecule has 0 radical (unpaired) electrons. The fraction of sp³-hybridized carbons (Fsp3) is 0.429. The Hall–Kier alpha value is -2.40. The first-order chi connectivity index (χ1) is 12.6. The summed E-state index contributed by atoms with van der Waals surface area (Å²) in [4.78, 5) is 4.27. The predicted molar refractivity (Wildman–Crippen MR) is 99.0 cm³/mol. The zero-order valence-electron chi connectivity index (χ0n) is 15.2. The summed E-state index contributed by atoms with van der Waals surface area (Å²) in [5, 5.41) is 7.26. The van der Waals surface area contributed by atoms with Gasteiger partial charge in [-0.15, -0.1) is 0 Å². The van der Waals surface area contributed by atoms with Crippen LogP contribution in [0.3, 0.4) is 0 Å². The molecule has 3 aliphatic rings. The Morgan fingerprint density at radius 1 is 1.15 bits per heavy atom. The molecule has 2 atom stereocenters. The highest BCUT2D eigenvalue weighted by Gasteiger charge is 2.54. The largest absolute Gasteiger partial charge is 0.466 e. The molecule has 5 heteroatoms. The molecule has 2 aromatic rings. The Morgan fingerprint density at radius 3 is 2.85 bits per heavy atom. The lowest BCUT2D eigenvalue weighted by atomic mass is 9.86. The number of pyridine rings is 1. The first-order valence-corrected chi connectivity index (χ1v) is 9.26. The van der Waals surface area contributed by atoms with Gasteiger partial charge in [0.1, 0.15) is 5.75 Å². The van der Waals surface area contributed by atoms with Gasteiger partial charge in [-0.25, -0.2) is 5.01 Å². The lowest BCUT2D eigenvalue weighted by Crippen LogP contribution is -2.60. The molecule has 1 aromatic carbocycles. The number of nitrogens with zero attached hydrogens (tertiary/aromatic N) is 3. The molecule has 5 rings (SSSR count). The van der Waals surface area contributed by atoms with Crippen LogP contribution in [0.4, 0.5) is 0 Å². The molecule has 1 saturated heterocycles. The molecule has 4 heterocycles. The van der Waals surface area contributed by atoms with E-state index >= 15 is 0 Å². The first kappa shape index (κ1) is 15.8. The van der Waals surface area contributed by atoms with E-state index in [1.165, 1.54) is 5.56 Å². The van der Waals surface area contributed by atoms with Crippen molar-refractivity contribution < 1.29 is 9.47 Å². The van der Waals surface area contributed by atoms with Crippen molar-refractivity contribution in [2.24, 2.45) is 5.10 Å². The van der Waals surface area contributed by atoms with Crippen LogP contribution in [0.15, 0.2) is 53.9 Å². The van der Waals surface area contributed by atoms with Gasteiger partial charge in [0.25, 0.3) is 0 Å². The summed E-state index contributed by atoms with van der Waals surface area (Å²) >= 11 is 0. The second kappa shape index (κ2) is 5.55. The number of para-hydroxylation sites is 1. The molecule has 3 aliphatic heterocycles. The van der Waals surface area contributed by atoms with Crippen molar-refractivity contribution >= 4 is 5.71 Å². The Labute approximate surface area is 153 Å². The zero-order chi connectivity index (χ0) is 17.8. The van der Waals surface area contributed by atoms with E-state index in [2.05, 4.69) is 48.1 Å². The average Bonchev–Trinajstić information content (AvgIpc) is 3.09. The number of hydrogen-bond donors (Lipinski definition) is 0. The summed E-state index contributed by atoms with van der Waals surface area (Å²) in [7, 11) is 0. The topological polar surface area (TPSA) is 47.0 Å². The second-order valence-corrected chi connectivity index (χ2v) is 7.97. The second-order valence-electron chi connectivity index (χ2n) is 7.97. The average molecular weight is 349 g/mol. The number of aromatic nitrogens is 1. The maximum atomic E-state index is 6.62. The van der Waals surface area contributed by atoms with E-state index in [-0.39, 0.29) is 11.6 Å². The summed E-state index contributed by atoms with van der Waals surface area (Å²) in [5.41, 5.74) is 2.69. The minimum absolute atomic E-state index is 0.198. The molecule has 1 aromatic heterocycles. The third-order valence-electron chi connectivity index (χ3n) is 5.59. The van der Waals surface area contributed by atoms with Gasteiger partial charge in [0, 0.05) is 42.8 Å². The van der Waals surface area contributed by atoms with Crippen LogP contribution in [-0.4, -0.2) is 33.6 Å². The highest BCUT2D eigenvalue weighted by atomic mass is 16.5. The van der Waals surface area contributed by atoms with Crippen LogP contribution in [0.1, 0.15) is 50.3 Å². The van der Waals surface area contributed by atoms with E-state index in [4.69, 9.17) is 14.6 Å². The van der Waals surface area contributed by atoms with Crippen LogP contribution in [0.5, 0.6) is 5.75 Å². The molecule has 0 aliphatic carbocycles. The minimum atomic E-state index is -0.454. The summed E-state index contributed by atoms with van der Waals surface area (Å²) in [6.45, 7) is 4.94. The van der Waals surface area contributed by atoms with Crippen molar-refractivity contribution in [1.82, 2.24) is 9.99 Å². The van der Waals surface area contributed by atoms with Gasteiger partial charge in [-0.05, 0) is 26.0 Å². The van der Waals surface area contributed by atoms with Crippen LogP contribution < -0.4 is 4.74 Å².